The molecule has 3 aromatic rings. The molecule has 1 aromatic carbocycles. The molecule has 6 rings (SSSR count). The fourth-order valence-electron chi connectivity index (χ4n) is 5.84. The average molecular weight is 612 g/mol. The van der Waals surface area contributed by atoms with Gasteiger partial charge < -0.3 is 25.6 Å². The number of H-pyrrole nitrogens is 1. The molecule has 0 spiro atoms. The number of aromatic amines is 1. The average Bonchev–Trinajstić information content (AvgIpc) is 3.26. The van der Waals surface area contributed by atoms with Crippen LogP contribution in [-0.2, 0) is 22.7 Å². The predicted molar refractivity (Wildman–Crippen MR) is 156 cm³/mol. The molecular formula is C29H34FN7O5S. The summed E-state index contributed by atoms with van der Waals surface area (Å²) >= 11 is 1.50. The van der Waals surface area contributed by atoms with Gasteiger partial charge >= 0.3 is 11.8 Å². The van der Waals surface area contributed by atoms with Crippen LogP contribution >= 0.6 is 11.8 Å². The lowest BCUT2D eigenvalue weighted by Gasteiger charge is -2.40. The molecule has 1 fully saturated rings. The van der Waals surface area contributed by atoms with E-state index < -0.39 is 52.1 Å². The standard InChI is InChI=1S/C29H34FN7O5S/c1-15-9-17(5-6-19(15)30)12-31-24(39)21-22(38)26(41)37-13-29(14-43-28-32-11-16(2)33-28)8-7-18(23(37)35-21)20(10-29)34-25(40)27(42)36(3)4/h5-6,9,11,18,20,38H,7-8,10,12-14H2,1-4H3,(H,31,39)(H,32,33)(H,34,40). The Kier molecular flexibility index (Phi) is 8.32. The molecule has 2 aliphatic heterocycles. The molecule has 4 N–H and O–H groups in total. The van der Waals surface area contributed by atoms with Crippen molar-refractivity contribution in [1.29, 1.82) is 0 Å². The van der Waals surface area contributed by atoms with E-state index in [1.165, 1.54) is 47.5 Å². The molecule has 12 nitrogen and oxygen atoms in total. The van der Waals surface area contributed by atoms with Gasteiger partial charge in [0.2, 0.25) is 5.75 Å². The predicted octanol–water partition coefficient (Wildman–Crippen LogP) is 1.99. The Hall–Kier alpha value is -4.20. The number of imidazole rings is 1. The second-order valence-electron chi connectivity index (χ2n) is 11.6. The normalized spacial score (nSPS) is 20.7. The van der Waals surface area contributed by atoms with Gasteiger partial charge in [0.1, 0.15) is 11.6 Å². The Labute approximate surface area is 251 Å². The lowest BCUT2D eigenvalue weighted by atomic mass is 9.70. The zero-order valence-electron chi connectivity index (χ0n) is 24.4. The highest BCUT2D eigenvalue weighted by Crippen LogP contribution is 2.49. The molecule has 0 saturated heterocycles. The van der Waals surface area contributed by atoms with Gasteiger partial charge in [-0.05, 0) is 55.7 Å². The van der Waals surface area contributed by atoms with Gasteiger partial charge in [-0.25, -0.2) is 14.4 Å². The third-order valence-corrected chi connectivity index (χ3v) is 9.36. The minimum Gasteiger partial charge on any atom is -0.501 e. The van der Waals surface area contributed by atoms with Crippen LogP contribution in [0.5, 0.6) is 5.75 Å². The van der Waals surface area contributed by atoms with Crippen molar-refractivity contribution in [3.05, 3.63) is 68.9 Å². The minimum atomic E-state index is -0.773. The van der Waals surface area contributed by atoms with Gasteiger partial charge in [0.15, 0.2) is 10.9 Å². The number of aryl methyl sites for hydroxylation is 2. The number of amides is 3. The number of aromatic nitrogens is 4. The SMILES string of the molecule is Cc1cnc(SCC23CCC(c4nc(C(=O)NCc5ccc(F)c(C)c5)c(O)c(=O)n4C2)C(NC(=O)C(=O)N(C)C)C3)[nH]1. The monoisotopic (exact) mass is 611 g/mol. The molecule has 3 aliphatic rings. The zero-order chi connectivity index (χ0) is 31.1. The van der Waals surface area contributed by atoms with Crippen LogP contribution in [0.25, 0.3) is 0 Å². The highest BCUT2D eigenvalue weighted by Gasteiger charge is 2.48. The third-order valence-electron chi connectivity index (χ3n) is 8.13. The third kappa shape index (κ3) is 6.14. The van der Waals surface area contributed by atoms with E-state index in [2.05, 4.69) is 25.6 Å². The molecule has 2 bridgehead atoms. The summed E-state index contributed by atoms with van der Waals surface area (Å²) in [5, 5.41) is 17.1. The van der Waals surface area contributed by atoms with Gasteiger partial charge in [-0.3, -0.25) is 23.7 Å². The molecule has 3 amide bonds. The second-order valence-corrected chi connectivity index (χ2v) is 12.6. The number of carbonyl (C=O) groups excluding carboxylic acids is 3. The van der Waals surface area contributed by atoms with Crippen LogP contribution < -0.4 is 16.2 Å². The number of nitrogens with zero attached hydrogens (tertiary/aromatic N) is 4. The summed E-state index contributed by atoms with van der Waals surface area (Å²) in [4.78, 5) is 65.3. The summed E-state index contributed by atoms with van der Waals surface area (Å²) in [5.74, 6) is -3.05. The van der Waals surface area contributed by atoms with E-state index in [1.54, 1.807) is 19.2 Å². The van der Waals surface area contributed by atoms with Gasteiger partial charge in [-0.15, -0.1) is 0 Å². The molecule has 4 heterocycles. The van der Waals surface area contributed by atoms with E-state index in [1.807, 2.05) is 6.92 Å². The van der Waals surface area contributed by atoms with Crippen molar-refractivity contribution in [3.63, 3.8) is 0 Å². The molecule has 1 saturated carbocycles. The van der Waals surface area contributed by atoms with Crippen LogP contribution in [0.3, 0.4) is 0 Å². The fourth-order valence-corrected chi connectivity index (χ4v) is 7.00. The van der Waals surface area contributed by atoms with Gasteiger partial charge in [-0.2, -0.15) is 0 Å². The van der Waals surface area contributed by atoms with Crippen LogP contribution in [0.15, 0.2) is 34.3 Å². The van der Waals surface area contributed by atoms with E-state index in [0.717, 1.165) is 10.9 Å². The maximum absolute atomic E-state index is 13.7. The Morgan fingerprint density at radius 1 is 1.28 bits per heavy atom. The Bertz CT molecular complexity index is 1650. The number of nitrogens with one attached hydrogen (secondary N) is 3. The number of hydrogen-bond acceptors (Lipinski definition) is 8. The van der Waals surface area contributed by atoms with Crippen molar-refractivity contribution in [2.24, 2.45) is 5.41 Å². The van der Waals surface area contributed by atoms with E-state index >= 15 is 0 Å². The molecule has 3 unspecified atom stereocenters. The van der Waals surface area contributed by atoms with E-state index in [-0.39, 0.29) is 24.7 Å². The lowest BCUT2D eigenvalue weighted by molar-refractivity contribution is -0.144. The maximum atomic E-state index is 13.7. The summed E-state index contributed by atoms with van der Waals surface area (Å²) in [7, 11) is 2.98. The number of aromatic hydroxyl groups is 1. The minimum absolute atomic E-state index is 0.0286. The zero-order valence-corrected chi connectivity index (χ0v) is 25.2. The van der Waals surface area contributed by atoms with Crippen LogP contribution in [0.4, 0.5) is 4.39 Å². The summed E-state index contributed by atoms with van der Waals surface area (Å²) in [6.45, 7) is 3.74. The molecule has 0 radical (unpaired) electrons. The topological polar surface area (TPSA) is 162 Å². The van der Waals surface area contributed by atoms with Gasteiger partial charge in [0.25, 0.3) is 11.5 Å². The van der Waals surface area contributed by atoms with Gasteiger partial charge in [0, 0.05) is 56.8 Å². The van der Waals surface area contributed by atoms with Crippen molar-refractivity contribution in [1.82, 2.24) is 35.1 Å². The molecule has 1 aliphatic carbocycles. The van der Waals surface area contributed by atoms with Crippen molar-refractivity contribution in [3.8, 4) is 5.75 Å². The fraction of sp³-hybridized carbons (Fsp3) is 0.448. The number of carbonyl (C=O) groups is 3. The van der Waals surface area contributed by atoms with Gasteiger partial charge in [-0.1, -0.05) is 23.9 Å². The van der Waals surface area contributed by atoms with E-state index in [4.69, 9.17) is 0 Å². The van der Waals surface area contributed by atoms with Gasteiger partial charge in [0.05, 0.1) is 0 Å². The number of rotatable bonds is 7. The van der Waals surface area contributed by atoms with Crippen LogP contribution in [0.2, 0.25) is 0 Å². The van der Waals surface area contributed by atoms with Crippen molar-refractivity contribution >= 4 is 29.5 Å². The summed E-state index contributed by atoms with van der Waals surface area (Å²) < 4.78 is 15.1. The highest BCUT2D eigenvalue weighted by atomic mass is 32.2. The maximum Gasteiger partial charge on any atom is 0.311 e. The van der Waals surface area contributed by atoms with Crippen LogP contribution in [-0.4, -0.2) is 73.1 Å². The summed E-state index contributed by atoms with van der Waals surface area (Å²) in [6.07, 6.45) is 3.40. The first kappa shape index (κ1) is 30.3. The van der Waals surface area contributed by atoms with E-state index in [9.17, 15) is 28.7 Å². The second kappa shape index (κ2) is 11.8. The lowest BCUT2D eigenvalue weighted by Crippen LogP contribution is -2.50. The van der Waals surface area contributed by atoms with Crippen molar-refractivity contribution < 1.29 is 23.9 Å². The molecular weight excluding hydrogens is 577 g/mol. The Balaban J connectivity index is 1.48. The first-order valence-electron chi connectivity index (χ1n) is 13.9. The number of benzene rings is 1. The first-order valence-corrected chi connectivity index (χ1v) is 14.9. The number of halogens is 1. The number of hydrogen-bond donors (Lipinski definition) is 4. The number of fused-ring (bicyclic) bond motifs is 2. The first-order chi connectivity index (χ1) is 20.4. The summed E-state index contributed by atoms with van der Waals surface area (Å²) in [5.41, 5.74) is 0.281. The van der Waals surface area contributed by atoms with E-state index in [0.29, 0.717) is 36.1 Å². The van der Waals surface area contributed by atoms with Crippen molar-refractivity contribution in [2.45, 2.75) is 63.3 Å². The van der Waals surface area contributed by atoms with Crippen molar-refractivity contribution in [2.75, 3.05) is 19.8 Å². The van der Waals surface area contributed by atoms with Crippen LogP contribution in [0, 0.1) is 25.1 Å². The smallest absolute Gasteiger partial charge is 0.311 e. The molecule has 2 aromatic heterocycles. The van der Waals surface area contributed by atoms with Crippen LogP contribution in [0.1, 0.15) is 58.3 Å². The highest BCUT2D eigenvalue weighted by molar-refractivity contribution is 7.99. The molecule has 43 heavy (non-hydrogen) atoms. The molecule has 14 heteroatoms. The summed E-state index contributed by atoms with van der Waals surface area (Å²) in [6, 6.07) is 3.88. The molecule has 3 atom stereocenters. The Morgan fingerprint density at radius 2 is 2.05 bits per heavy atom. The quantitative estimate of drug-likeness (QED) is 0.233. The number of thioether (sulfide) groups is 1. The molecule has 228 valence electrons. The number of likely N-dealkylation sites (N-methyl/N-ethyl adjacent to an activating group) is 1. The largest absolute Gasteiger partial charge is 0.501 e. The Morgan fingerprint density at radius 3 is 2.72 bits per heavy atom.